The summed E-state index contributed by atoms with van der Waals surface area (Å²) in [5, 5.41) is 12.0. The monoisotopic (exact) mass is 395 g/mol. The Hall–Kier alpha value is -3.56. The van der Waals surface area contributed by atoms with Crippen LogP contribution in [0.2, 0.25) is 0 Å². The van der Waals surface area contributed by atoms with Crippen LogP contribution in [0, 0.1) is 13.8 Å². The summed E-state index contributed by atoms with van der Waals surface area (Å²) in [6.45, 7) is 5.68. The Balaban J connectivity index is 1.59. The van der Waals surface area contributed by atoms with Crippen molar-refractivity contribution in [2.24, 2.45) is 0 Å². The van der Waals surface area contributed by atoms with Gasteiger partial charge in [0.25, 0.3) is 5.91 Å². The third-order valence-electron chi connectivity index (χ3n) is 4.97. The highest BCUT2D eigenvalue weighted by Gasteiger charge is 2.42. The minimum absolute atomic E-state index is 0.00255. The summed E-state index contributed by atoms with van der Waals surface area (Å²) in [7, 11) is 0. The molecule has 1 aromatic carbocycles. The van der Waals surface area contributed by atoms with Gasteiger partial charge in [-0.1, -0.05) is 47.6 Å². The Morgan fingerprint density at radius 2 is 1.93 bits per heavy atom. The van der Waals surface area contributed by atoms with Gasteiger partial charge in [0.05, 0.1) is 11.7 Å². The van der Waals surface area contributed by atoms with E-state index < -0.39 is 6.03 Å². The fourth-order valence-electron chi connectivity index (χ4n) is 3.53. The third-order valence-corrected chi connectivity index (χ3v) is 4.97. The van der Waals surface area contributed by atoms with E-state index in [0.29, 0.717) is 23.8 Å². The maximum atomic E-state index is 13.1. The van der Waals surface area contributed by atoms with E-state index >= 15 is 0 Å². The van der Waals surface area contributed by atoms with Crippen LogP contribution in [0.1, 0.15) is 42.4 Å². The van der Waals surface area contributed by atoms with Gasteiger partial charge in [-0.2, -0.15) is 4.98 Å². The average molecular weight is 395 g/mol. The van der Waals surface area contributed by atoms with Crippen molar-refractivity contribution in [1.82, 2.24) is 30.0 Å². The molecular formula is C19H21N7O3. The second-order valence-corrected chi connectivity index (χ2v) is 6.86. The smallest absolute Gasteiger partial charge is 0.333 e. The molecule has 0 radical (unpaired) electrons. The zero-order valence-corrected chi connectivity index (χ0v) is 16.4. The fraction of sp³-hybridized carbons (Fsp3) is 0.368. The molecule has 0 spiro atoms. The van der Waals surface area contributed by atoms with E-state index in [0.717, 1.165) is 10.5 Å². The van der Waals surface area contributed by atoms with Gasteiger partial charge in [0.1, 0.15) is 13.1 Å². The number of carbonyl (C=O) groups excluding carboxylic acids is 2. The summed E-state index contributed by atoms with van der Waals surface area (Å²) in [6.07, 6.45) is 0.694. The number of carbonyl (C=O) groups is 2. The van der Waals surface area contributed by atoms with Crippen molar-refractivity contribution in [2.75, 3.05) is 11.4 Å². The molecule has 3 amide bonds. The number of imide groups is 1. The molecule has 1 aliphatic rings. The lowest BCUT2D eigenvalue weighted by molar-refractivity contribution is -0.116. The lowest BCUT2D eigenvalue weighted by Crippen LogP contribution is -2.35. The molecule has 1 atom stereocenters. The molecule has 3 aromatic rings. The van der Waals surface area contributed by atoms with Crippen LogP contribution in [-0.4, -0.2) is 48.5 Å². The van der Waals surface area contributed by atoms with Crippen LogP contribution < -0.4 is 4.90 Å². The number of aromatic nitrogens is 5. The van der Waals surface area contributed by atoms with Crippen molar-refractivity contribution in [3.05, 3.63) is 53.3 Å². The van der Waals surface area contributed by atoms with E-state index in [1.54, 1.807) is 18.7 Å². The fourth-order valence-corrected chi connectivity index (χ4v) is 3.53. The van der Waals surface area contributed by atoms with Crippen molar-refractivity contribution in [2.45, 2.75) is 39.8 Å². The van der Waals surface area contributed by atoms with E-state index in [2.05, 4.69) is 20.5 Å². The molecule has 29 heavy (non-hydrogen) atoms. The van der Waals surface area contributed by atoms with Crippen LogP contribution in [0.5, 0.6) is 0 Å². The maximum absolute atomic E-state index is 13.1. The van der Waals surface area contributed by atoms with Gasteiger partial charge < -0.3 is 9.42 Å². The Bertz CT molecular complexity index is 1040. The average Bonchev–Trinajstić information content (AvgIpc) is 3.37. The number of hydrogen-bond donors (Lipinski definition) is 0. The first-order valence-corrected chi connectivity index (χ1v) is 9.37. The first-order chi connectivity index (χ1) is 14.0. The predicted molar refractivity (Wildman–Crippen MR) is 102 cm³/mol. The second-order valence-electron chi connectivity index (χ2n) is 6.86. The number of anilines is 1. The summed E-state index contributed by atoms with van der Waals surface area (Å²) in [5.74, 6) is 0.795. The molecule has 0 bridgehead atoms. The molecule has 10 heteroatoms. The van der Waals surface area contributed by atoms with Gasteiger partial charge in [0.15, 0.2) is 11.6 Å². The van der Waals surface area contributed by atoms with Crippen LogP contribution in [-0.2, 0) is 11.3 Å². The third kappa shape index (κ3) is 3.37. The van der Waals surface area contributed by atoms with Gasteiger partial charge in [-0.3, -0.25) is 4.79 Å². The summed E-state index contributed by atoms with van der Waals surface area (Å²) in [5.41, 5.74) is 1.56. The molecule has 0 aliphatic carbocycles. The second kappa shape index (κ2) is 7.46. The molecule has 1 fully saturated rings. The molecule has 1 aliphatic heterocycles. The van der Waals surface area contributed by atoms with Gasteiger partial charge >= 0.3 is 6.03 Å². The molecule has 10 nitrogen and oxygen atoms in total. The highest BCUT2D eigenvalue weighted by molar-refractivity contribution is 6.19. The van der Waals surface area contributed by atoms with Crippen LogP contribution in [0.4, 0.5) is 10.6 Å². The Kier molecular flexibility index (Phi) is 4.83. The SMILES string of the molecule is CC[C@H](c1ccccc1)N1CC(=O)N(c2nnn(Cc3noc(C)n3)c2C)C1=O. The van der Waals surface area contributed by atoms with Crippen LogP contribution >= 0.6 is 0 Å². The Morgan fingerprint density at radius 3 is 2.59 bits per heavy atom. The van der Waals surface area contributed by atoms with Crippen molar-refractivity contribution >= 4 is 17.8 Å². The first kappa shape index (κ1) is 18.8. The van der Waals surface area contributed by atoms with Crippen molar-refractivity contribution in [3.8, 4) is 0 Å². The van der Waals surface area contributed by atoms with Crippen LogP contribution in [0.3, 0.4) is 0 Å². The summed E-state index contributed by atoms with van der Waals surface area (Å²) in [4.78, 5) is 32.7. The lowest BCUT2D eigenvalue weighted by atomic mass is 10.0. The van der Waals surface area contributed by atoms with Gasteiger partial charge in [-0.05, 0) is 18.9 Å². The van der Waals surface area contributed by atoms with Crippen LogP contribution in [0.25, 0.3) is 0 Å². The van der Waals surface area contributed by atoms with Gasteiger partial charge in [0, 0.05) is 6.92 Å². The van der Waals surface area contributed by atoms with Crippen molar-refractivity contribution in [3.63, 3.8) is 0 Å². The number of rotatable bonds is 6. The maximum Gasteiger partial charge on any atom is 0.333 e. The summed E-state index contributed by atoms with van der Waals surface area (Å²) in [6, 6.07) is 9.12. The number of urea groups is 1. The standard InChI is InChI=1S/C19H21N7O3/c1-4-15(14-8-6-5-7-9-14)24-11-17(27)26(19(24)28)18-12(2)25(23-21-18)10-16-20-13(3)29-22-16/h5-9,15H,4,10-11H2,1-3H3/t15-/m1/s1. The van der Waals surface area contributed by atoms with Crippen molar-refractivity contribution < 1.29 is 14.1 Å². The minimum Gasteiger partial charge on any atom is -0.340 e. The predicted octanol–water partition coefficient (Wildman–Crippen LogP) is 2.25. The highest BCUT2D eigenvalue weighted by atomic mass is 16.5. The summed E-state index contributed by atoms with van der Waals surface area (Å²) >= 11 is 0. The summed E-state index contributed by atoms with van der Waals surface area (Å²) < 4.78 is 6.50. The highest BCUT2D eigenvalue weighted by Crippen LogP contribution is 2.31. The lowest BCUT2D eigenvalue weighted by Gasteiger charge is -2.26. The zero-order chi connectivity index (χ0) is 20.5. The van der Waals surface area contributed by atoms with E-state index in [9.17, 15) is 9.59 Å². The van der Waals surface area contributed by atoms with Gasteiger partial charge in [-0.15, -0.1) is 5.10 Å². The largest absolute Gasteiger partial charge is 0.340 e. The quantitative estimate of drug-likeness (QED) is 0.589. The molecule has 4 rings (SSSR count). The zero-order valence-electron chi connectivity index (χ0n) is 16.4. The number of hydrogen-bond acceptors (Lipinski definition) is 7. The van der Waals surface area contributed by atoms with E-state index in [1.807, 2.05) is 37.3 Å². The normalized spacial score (nSPS) is 15.4. The minimum atomic E-state index is -0.392. The number of amides is 3. The van der Waals surface area contributed by atoms with E-state index in [-0.39, 0.29) is 30.9 Å². The van der Waals surface area contributed by atoms with E-state index in [1.165, 1.54) is 4.68 Å². The molecule has 0 unspecified atom stereocenters. The van der Waals surface area contributed by atoms with Crippen molar-refractivity contribution in [1.29, 1.82) is 0 Å². The molecule has 3 heterocycles. The number of nitrogens with zero attached hydrogens (tertiary/aromatic N) is 7. The number of aryl methyl sites for hydroxylation is 1. The van der Waals surface area contributed by atoms with Crippen LogP contribution in [0.15, 0.2) is 34.9 Å². The molecule has 1 saturated heterocycles. The topological polar surface area (TPSA) is 110 Å². The molecule has 0 N–H and O–H groups in total. The molecule has 2 aromatic heterocycles. The van der Waals surface area contributed by atoms with Gasteiger partial charge in [0.2, 0.25) is 5.89 Å². The van der Waals surface area contributed by atoms with Gasteiger partial charge in [-0.25, -0.2) is 14.4 Å². The Morgan fingerprint density at radius 1 is 1.17 bits per heavy atom. The molecule has 150 valence electrons. The molecule has 0 saturated carbocycles. The first-order valence-electron chi connectivity index (χ1n) is 9.37. The number of benzene rings is 1. The Labute approximate surface area is 167 Å². The van der Waals surface area contributed by atoms with E-state index in [4.69, 9.17) is 4.52 Å². The molecular weight excluding hydrogens is 374 g/mol.